The Morgan fingerprint density at radius 1 is 1.22 bits per heavy atom. The molecule has 0 unspecified atom stereocenters. The predicted molar refractivity (Wildman–Crippen MR) is 118 cm³/mol. The fourth-order valence-corrected chi connectivity index (χ4v) is 3.34. The Kier molecular flexibility index (Phi) is 7.77. The number of aryl methyl sites for hydroxylation is 1. The Morgan fingerprint density at radius 3 is 2.69 bits per heavy atom. The Balaban J connectivity index is 1.73. The van der Waals surface area contributed by atoms with Gasteiger partial charge in [-0.25, -0.2) is 9.97 Å². The molecule has 170 valence electrons. The van der Waals surface area contributed by atoms with Crippen LogP contribution in [0.4, 0.5) is 5.13 Å². The number of ether oxygens (including phenoxy) is 3. The summed E-state index contributed by atoms with van der Waals surface area (Å²) in [7, 11) is 1.86. The molecule has 1 amide bonds. The lowest BCUT2D eigenvalue weighted by molar-refractivity contribution is -0.142. The topological polar surface area (TPSA) is 117 Å². The minimum absolute atomic E-state index is 0.0486. The monoisotopic (exact) mass is 459 g/mol. The van der Waals surface area contributed by atoms with Crippen LogP contribution in [0, 0.1) is 0 Å². The normalized spacial score (nSPS) is 10.8. The molecule has 0 aliphatic heterocycles. The molecule has 0 radical (unpaired) electrons. The molecule has 0 saturated carbocycles. The van der Waals surface area contributed by atoms with Gasteiger partial charge in [0.05, 0.1) is 30.4 Å². The number of esters is 1. The van der Waals surface area contributed by atoms with Crippen molar-refractivity contribution in [2.45, 2.75) is 39.9 Å². The van der Waals surface area contributed by atoms with E-state index in [2.05, 4.69) is 20.3 Å². The van der Waals surface area contributed by atoms with E-state index in [4.69, 9.17) is 14.2 Å². The van der Waals surface area contributed by atoms with Crippen molar-refractivity contribution in [3.05, 3.63) is 47.0 Å². The molecule has 0 aliphatic rings. The number of pyridine rings is 1. The van der Waals surface area contributed by atoms with Gasteiger partial charge in [-0.1, -0.05) is 0 Å². The highest BCUT2D eigenvalue weighted by molar-refractivity contribution is 7.14. The van der Waals surface area contributed by atoms with Crippen LogP contribution in [0.5, 0.6) is 11.8 Å². The van der Waals surface area contributed by atoms with Gasteiger partial charge in [-0.2, -0.15) is 4.98 Å². The highest BCUT2D eigenvalue weighted by atomic mass is 32.1. The number of anilines is 1. The van der Waals surface area contributed by atoms with Crippen LogP contribution in [0.3, 0.4) is 0 Å². The molecule has 3 aromatic heterocycles. The molecule has 0 aliphatic carbocycles. The molecule has 10 nitrogen and oxygen atoms in total. The van der Waals surface area contributed by atoms with Gasteiger partial charge in [0, 0.05) is 37.0 Å². The highest BCUT2D eigenvalue weighted by Gasteiger charge is 2.16. The van der Waals surface area contributed by atoms with Crippen molar-refractivity contribution in [1.82, 2.24) is 19.5 Å². The molecule has 0 atom stereocenters. The zero-order valence-electron chi connectivity index (χ0n) is 18.3. The molecule has 3 rings (SSSR count). The summed E-state index contributed by atoms with van der Waals surface area (Å²) in [5.74, 6) is 0.447. The summed E-state index contributed by atoms with van der Waals surface area (Å²) in [6.45, 7) is 5.96. The maximum atomic E-state index is 12.8. The van der Waals surface area contributed by atoms with Gasteiger partial charge < -0.3 is 18.8 Å². The van der Waals surface area contributed by atoms with Crippen LogP contribution in [0.25, 0.3) is 0 Å². The highest BCUT2D eigenvalue weighted by Crippen LogP contribution is 2.22. The number of imidazole rings is 1. The molecular formula is C21H25N5O5S. The van der Waals surface area contributed by atoms with Crippen LogP contribution in [0.1, 0.15) is 42.6 Å². The van der Waals surface area contributed by atoms with E-state index < -0.39 is 5.91 Å². The van der Waals surface area contributed by atoms with Crippen LogP contribution in [-0.4, -0.2) is 44.1 Å². The van der Waals surface area contributed by atoms with Crippen molar-refractivity contribution in [3.8, 4) is 11.8 Å². The molecule has 0 bridgehead atoms. The molecule has 11 heteroatoms. The van der Waals surface area contributed by atoms with Gasteiger partial charge in [0.1, 0.15) is 12.4 Å². The van der Waals surface area contributed by atoms with Gasteiger partial charge in [-0.3, -0.25) is 14.9 Å². The molecule has 0 aromatic carbocycles. The number of nitrogens with zero attached hydrogens (tertiary/aromatic N) is 4. The molecule has 32 heavy (non-hydrogen) atoms. The largest absolute Gasteiger partial charge is 0.475 e. The van der Waals surface area contributed by atoms with Gasteiger partial charge >= 0.3 is 5.97 Å². The first kappa shape index (κ1) is 23.2. The second-order valence-corrected chi connectivity index (χ2v) is 7.88. The zero-order chi connectivity index (χ0) is 23.1. The number of nitrogens with one attached hydrogen (secondary N) is 1. The number of carbonyl (C=O) groups is 2. The fraction of sp³-hybridized carbons (Fsp3) is 0.381. The van der Waals surface area contributed by atoms with E-state index >= 15 is 0 Å². The van der Waals surface area contributed by atoms with Crippen LogP contribution >= 0.6 is 11.3 Å². The molecular weight excluding hydrogens is 434 g/mol. The van der Waals surface area contributed by atoms with Gasteiger partial charge in [-0.15, -0.1) is 11.3 Å². The SMILES string of the molecule is CCOC(=O)Cc1csc(NC(=O)c2cc(OCc3nccn3C)nc(OC(C)C)c2)n1. The first-order valence-corrected chi connectivity index (χ1v) is 10.9. The van der Waals surface area contributed by atoms with E-state index in [0.717, 1.165) is 0 Å². The summed E-state index contributed by atoms with van der Waals surface area (Å²) in [5, 5.41) is 4.80. The Hall–Kier alpha value is -3.47. The second-order valence-electron chi connectivity index (χ2n) is 7.02. The quantitative estimate of drug-likeness (QED) is 0.460. The standard InChI is InChI=1S/C21H25N5O5S/c1-5-29-19(27)10-15-12-32-21(23-15)25-20(28)14-8-17(24-18(9-14)31-13(2)3)30-11-16-22-6-7-26(16)4/h6-9,12-13H,5,10-11H2,1-4H3,(H,23,25,28). The summed E-state index contributed by atoms with van der Waals surface area (Å²) in [5.41, 5.74) is 0.828. The number of aromatic nitrogens is 4. The van der Waals surface area contributed by atoms with Gasteiger partial charge in [0.25, 0.3) is 5.91 Å². The van der Waals surface area contributed by atoms with Crippen molar-refractivity contribution < 1.29 is 23.8 Å². The maximum Gasteiger partial charge on any atom is 0.311 e. The third kappa shape index (κ3) is 6.51. The van der Waals surface area contributed by atoms with Crippen molar-refractivity contribution in [2.75, 3.05) is 11.9 Å². The summed E-state index contributed by atoms with van der Waals surface area (Å²) < 4.78 is 18.2. The Morgan fingerprint density at radius 2 is 2.00 bits per heavy atom. The van der Waals surface area contributed by atoms with Crippen LogP contribution < -0.4 is 14.8 Å². The van der Waals surface area contributed by atoms with E-state index in [9.17, 15) is 9.59 Å². The summed E-state index contributed by atoms with van der Waals surface area (Å²) in [6, 6.07) is 3.06. The third-order valence-corrected chi connectivity index (χ3v) is 4.88. The number of hydrogen-bond donors (Lipinski definition) is 1. The smallest absolute Gasteiger partial charge is 0.311 e. The maximum absolute atomic E-state index is 12.8. The Labute approximate surface area is 189 Å². The lowest BCUT2D eigenvalue weighted by atomic mass is 10.2. The minimum Gasteiger partial charge on any atom is -0.475 e. The van der Waals surface area contributed by atoms with Gasteiger partial charge in [0.2, 0.25) is 11.8 Å². The first-order valence-electron chi connectivity index (χ1n) is 10.0. The molecule has 0 spiro atoms. The number of hydrogen-bond acceptors (Lipinski definition) is 9. The van der Waals surface area contributed by atoms with Gasteiger partial charge in [0.15, 0.2) is 5.13 Å². The number of carbonyl (C=O) groups excluding carboxylic acids is 2. The fourth-order valence-electron chi connectivity index (χ4n) is 2.64. The summed E-state index contributed by atoms with van der Waals surface area (Å²) in [6.07, 6.45) is 3.40. The number of thiazole rings is 1. The number of rotatable bonds is 10. The Bertz CT molecular complexity index is 1080. The number of amides is 1. The van der Waals surface area contributed by atoms with Crippen molar-refractivity contribution in [1.29, 1.82) is 0 Å². The van der Waals surface area contributed by atoms with Gasteiger partial charge in [-0.05, 0) is 20.8 Å². The molecule has 3 aromatic rings. The summed E-state index contributed by atoms with van der Waals surface area (Å²) >= 11 is 1.22. The molecule has 3 heterocycles. The molecule has 0 fully saturated rings. The minimum atomic E-state index is -0.403. The summed E-state index contributed by atoms with van der Waals surface area (Å²) in [4.78, 5) is 37.2. The lowest BCUT2D eigenvalue weighted by Crippen LogP contribution is -2.15. The average molecular weight is 460 g/mol. The third-order valence-electron chi connectivity index (χ3n) is 4.07. The zero-order valence-corrected chi connectivity index (χ0v) is 19.1. The van der Waals surface area contributed by atoms with E-state index in [-0.39, 0.29) is 36.9 Å². The van der Waals surface area contributed by atoms with Crippen LogP contribution in [0.2, 0.25) is 0 Å². The van der Waals surface area contributed by atoms with E-state index in [1.807, 2.05) is 31.7 Å². The average Bonchev–Trinajstić information content (AvgIpc) is 3.34. The van der Waals surface area contributed by atoms with Crippen LogP contribution in [0.15, 0.2) is 29.9 Å². The van der Waals surface area contributed by atoms with Crippen molar-refractivity contribution in [2.24, 2.45) is 7.05 Å². The van der Waals surface area contributed by atoms with Crippen molar-refractivity contribution in [3.63, 3.8) is 0 Å². The van der Waals surface area contributed by atoms with E-state index in [1.54, 1.807) is 18.5 Å². The van der Waals surface area contributed by atoms with E-state index in [1.165, 1.54) is 23.5 Å². The first-order chi connectivity index (χ1) is 15.3. The van der Waals surface area contributed by atoms with Crippen LogP contribution in [-0.2, 0) is 29.6 Å². The van der Waals surface area contributed by atoms with E-state index in [0.29, 0.717) is 28.8 Å². The molecule has 0 saturated heterocycles. The molecule has 1 N–H and O–H groups in total. The second kappa shape index (κ2) is 10.7. The lowest BCUT2D eigenvalue weighted by Gasteiger charge is -2.13. The predicted octanol–water partition coefficient (Wildman–Crippen LogP) is 3.00. The van der Waals surface area contributed by atoms with Crippen molar-refractivity contribution >= 4 is 28.3 Å².